The van der Waals surface area contributed by atoms with Gasteiger partial charge in [-0.25, -0.2) is 0 Å². The average Bonchev–Trinajstić information content (AvgIpc) is 2.46. The van der Waals surface area contributed by atoms with Crippen LogP contribution in [0, 0.1) is 11.8 Å². The van der Waals surface area contributed by atoms with E-state index in [1.165, 1.54) is 0 Å². The number of Topliss-reactive ketones (excluding diaryl/α,β-unsaturated/α-hetero) is 1. The Labute approximate surface area is 103 Å². The number of rotatable bonds is 0. The van der Waals surface area contributed by atoms with Crippen LogP contribution in [0.2, 0.25) is 0 Å². The predicted molar refractivity (Wildman–Crippen MR) is 68.6 cm³/mol. The first-order valence-corrected chi connectivity index (χ1v) is 6.53. The van der Waals surface area contributed by atoms with Crippen LogP contribution in [0.25, 0.3) is 0 Å². The molecule has 1 fully saturated rings. The lowest BCUT2D eigenvalue weighted by Crippen LogP contribution is -2.12. The van der Waals surface area contributed by atoms with Crippen molar-refractivity contribution in [3.63, 3.8) is 0 Å². The van der Waals surface area contributed by atoms with Crippen molar-refractivity contribution in [1.82, 2.24) is 0 Å². The van der Waals surface area contributed by atoms with Crippen molar-refractivity contribution in [3.05, 3.63) is 22.3 Å². The Morgan fingerprint density at radius 2 is 2.00 bits per heavy atom. The number of hydrogen-bond donors (Lipinski definition) is 1. The summed E-state index contributed by atoms with van der Waals surface area (Å²) in [5.74, 6) is 1.14. The van der Waals surface area contributed by atoms with E-state index in [2.05, 4.69) is 6.92 Å². The summed E-state index contributed by atoms with van der Waals surface area (Å²) in [7, 11) is 0. The Balaban J connectivity index is 2.58. The standard InChI is InChI=1S/C15H22O2/c1-8(2)14-12(16)6-5-9(3)11-7-13(17)10(4)15(11)14/h9,11,13,17H,5-7H2,1-4H3/t9-,11+,13-/m0/s1. The minimum Gasteiger partial charge on any atom is -0.389 e. The number of allylic oxidation sites excluding steroid dienone is 3. The molecule has 2 nitrogen and oxygen atoms in total. The number of carbonyl (C=O) groups excluding carboxylic acids is 1. The molecule has 0 aromatic carbocycles. The average molecular weight is 234 g/mol. The Morgan fingerprint density at radius 1 is 1.35 bits per heavy atom. The molecule has 94 valence electrons. The van der Waals surface area contributed by atoms with E-state index in [0.717, 1.165) is 35.1 Å². The molecule has 0 radical (unpaired) electrons. The lowest BCUT2D eigenvalue weighted by Gasteiger charge is -2.20. The van der Waals surface area contributed by atoms with Crippen molar-refractivity contribution in [2.24, 2.45) is 11.8 Å². The molecule has 0 aliphatic heterocycles. The summed E-state index contributed by atoms with van der Waals surface area (Å²) < 4.78 is 0. The number of aliphatic hydroxyl groups excluding tert-OH is 1. The summed E-state index contributed by atoms with van der Waals surface area (Å²) in [6.45, 7) is 8.20. The van der Waals surface area contributed by atoms with Gasteiger partial charge in [0.05, 0.1) is 6.10 Å². The molecule has 0 aromatic rings. The zero-order chi connectivity index (χ0) is 12.7. The zero-order valence-electron chi connectivity index (χ0n) is 11.2. The monoisotopic (exact) mass is 234 g/mol. The van der Waals surface area contributed by atoms with Crippen LogP contribution in [0.1, 0.15) is 47.0 Å². The summed E-state index contributed by atoms with van der Waals surface area (Å²) in [6, 6.07) is 0. The van der Waals surface area contributed by atoms with Gasteiger partial charge in [0.25, 0.3) is 0 Å². The lowest BCUT2D eigenvalue weighted by molar-refractivity contribution is -0.115. The topological polar surface area (TPSA) is 37.3 Å². The molecular weight excluding hydrogens is 212 g/mol. The fourth-order valence-electron chi connectivity index (χ4n) is 3.29. The first kappa shape index (κ1) is 12.6. The Bertz CT molecular complexity index is 411. The molecule has 2 aliphatic carbocycles. The van der Waals surface area contributed by atoms with Gasteiger partial charge >= 0.3 is 0 Å². The second-order valence-electron chi connectivity index (χ2n) is 5.77. The minimum absolute atomic E-state index is 0.266. The molecule has 0 saturated heterocycles. The first-order chi connectivity index (χ1) is 7.93. The maximum absolute atomic E-state index is 12.2. The molecule has 17 heavy (non-hydrogen) atoms. The van der Waals surface area contributed by atoms with Crippen LogP contribution in [0.15, 0.2) is 22.3 Å². The molecule has 0 spiro atoms. The van der Waals surface area contributed by atoms with Gasteiger partial charge in [-0.1, -0.05) is 12.5 Å². The molecule has 0 amide bonds. The summed E-state index contributed by atoms with van der Waals surface area (Å²) in [5.41, 5.74) is 4.19. The highest BCUT2D eigenvalue weighted by atomic mass is 16.3. The van der Waals surface area contributed by atoms with E-state index in [0.29, 0.717) is 18.3 Å². The molecular formula is C15H22O2. The molecule has 0 heterocycles. The molecule has 2 heteroatoms. The highest BCUT2D eigenvalue weighted by Crippen LogP contribution is 2.45. The van der Waals surface area contributed by atoms with Crippen molar-refractivity contribution in [1.29, 1.82) is 0 Å². The number of ketones is 1. The third kappa shape index (κ3) is 1.99. The molecule has 3 atom stereocenters. The van der Waals surface area contributed by atoms with E-state index in [4.69, 9.17) is 0 Å². The Hall–Kier alpha value is -0.890. The van der Waals surface area contributed by atoms with Crippen LogP contribution in [0.4, 0.5) is 0 Å². The highest BCUT2D eigenvalue weighted by molar-refractivity contribution is 6.01. The predicted octanol–water partition coefficient (Wildman–Crippen LogP) is 3.02. The molecule has 2 aliphatic rings. The van der Waals surface area contributed by atoms with E-state index >= 15 is 0 Å². The van der Waals surface area contributed by atoms with Gasteiger partial charge < -0.3 is 5.11 Å². The largest absolute Gasteiger partial charge is 0.389 e. The van der Waals surface area contributed by atoms with Gasteiger partial charge in [0.15, 0.2) is 5.78 Å². The number of aliphatic hydroxyl groups is 1. The quantitative estimate of drug-likeness (QED) is 0.654. The van der Waals surface area contributed by atoms with E-state index < -0.39 is 0 Å². The molecule has 0 bridgehead atoms. The van der Waals surface area contributed by atoms with Crippen molar-refractivity contribution in [2.45, 2.75) is 53.1 Å². The van der Waals surface area contributed by atoms with Gasteiger partial charge in [0.1, 0.15) is 0 Å². The zero-order valence-corrected chi connectivity index (χ0v) is 11.2. The highest BCUT2D eigenvalue weighted by Gasteiger charge is 2.39. The number of carbonyl (C=O) groups is 1. The van der Waals surface area contributed by atoms with Gasteiger partial charge in [-0.3, -0.25) is 4.79 Å². The first-order valence-electron chi connectivity index (χ1n) is 6.53. The summed E-state index contributed by atoms with van der Waals surface area (Å²) >= 11 is 0. The molecule has 2 rings (SSSR count). The third-order valence-corrected chi connectivity index (χ3v) is 4.33. The van der Waals surface area contributed by atoms with Crippen LogP contribution < -0.4 is 0 Å². The van der Waals surface area contributed by atoms with E-state index in [9.17, 15) is 9.90 Å². The Morgan fingerprint density at radius 3 is 2.59 bits per heavy atom. The van der Waals surface area contributed by atoms with Gasteiger partial charge in [-0.2, -0.15) is 0 Å². The summed E-state index contributed by atoms with van der Waals surface area (Å²) in [4.78, 5) is 12.2. The fourth-order valence-corrected chi connectivity index (χ4v) is 3.29. The van der Waals surface area contributed by atoms with Crippen molar-refractivity contribution >= 4 is 5.78 Å². The lowest BCUT2D eigenvalue weighted by atomic mass is 9.84. The van der Waals surface area contributed by atoms with Crippen LogP contribution in [0.5, 0.6) is 0 Å². The van der Waals surface area contributed by atoms with Crippen molar-refractivity contribution in [2.75, 3.05) is 0 Å². The third-order valence-electron chi connectivity index (χ3n) is 4.33. The van der Waals surface area contributed by atoms with Gasteiger partial charge in [0, 0.05) is 12.0 Å². The Kier molecular flexibility index (Phi) is 3.26. The molecule has 1 N–H and O–H groups in total. The second-order valence-corrected chi connectivity index (χ2v) is 5.77. The van der Waals surface area contributed by atoms with Crippen LogP contribution in [-0.4, -0.2) is 17.0 Å². The van der Waals surface area contributed by atoms with E-state index in [-0.39, 0.29) is 11.9 Å². The number of hydrogen-bond acceptors (Lipinski definition) is 2. The molecule has 0 aromatic heterocycles. The van der Waals surface area contributed by atoms with Gasteiger partial charge in [0.2, 0.25) is 0 Å². The second kappa shape index (κ2) is 4.41. The molecule has 1 saturated carbocycles. The SMILES string of the molecule is CC(C)=C1C(=O)CC[C@H](C)[C@H]2C[C@H](O)C(C)=C12. The molecule has 0 unspecified atom stereocenters. The van der Waals surface area contributed by atoms with Crippen LogP contribution in [-0.2, 0) is 4.79 Å². The van der Waals surface area contributed by atoms with Crippen molar-refractivity contribution in [3.8, 4) is 0 Å². The minimum atomic E-state index is -0.349. The smallest absolute Gasteiger partial charge is 0.163 e. The van der Waals surface area contributed by atoms with E-state index in [1.807, 2.05) is 20.8 Å². The maximum Gasteiger partial charge on any atom is 0.163 e. The maximum atomic E-state index is 12.2. The van der Waals surface area contributed by atoms with Crippen LogP contribution in [0.3, 0.4) is 0 Å². The van der Waals surface area contributed by atoms with Crippen molar-refractivity contribution < 1.29 is 9.90 Å². The fraction of sp³-hybridized carbons (Fsp3) is 0.667. The van der Waals surface area contributed by atoms with E-state index in [1.54, 1.807) is 0 Å². The van der Waals surface area contributed by atoms with Gasteiger partial charge in [-0.05, 0) is 56.6 Å². The van der Waals surface area contributed by atoms with Crippen LogP contribution >= 0.6 is 0 Å². The summed E-state index contributed by atoms with van der Waals surface area (Å²) in [6.07, 6.45) is 2.05. The van der Waals surface area contributed by atoms with Gasteiger partial charge in [-0.15, -0.1) is 0 Å². The normalized spacial score (nSPS) is 33.8. The summed E-state index contributed by atoms with van der Waals surface area (Å²) in [5, 5.41) is 10.0. The number of fused-ring (bicyclic) bond motifs is 1.